The molecule has 0 saturated carbocycles. The molecule has 1 aromatic carbocycles. The first-order valence-electron chi connectivity index (χ1n) is 6.70. The first-order valence-corrected chi connectivity index (χ1v) is 7.04. The standard InChI is InChI=1S/C15H19ClN2O2/c1-17(16)15(19)18(12-6-4-3-5-7-12)13-8-10-14(20-2)11-9-13/h6,8-11H,3-5,7H2,1-2H3. The molecule has 2 amide bonds. The van der Waals surface area contributed by atoms with E-state index in [2.05, 4.69) is 6.08 Å². The lowest BCUT2D eigenvalue weighted by Crippen LogP contribution is -2.36. The molecule has 2 rings (SSSR count). The van der Waals surface area contributed by atoms with Crippen LogP contribution in [0.4, 0.5) is 10.5 Å². The van der Waals surface area contributed by atoms with Gasteiger partial charge in [0.05, 0.1) is 12.8 Å². The van der Waals surface area contributed by atoms with Gasteiger partial charge in [-0.05, 0) is 49.9 Å². The van der Waals surface area contributed by atoms with Crippen molar-refractivity contribution in [2.75, 3.05) is 19.1 Å². The van der Waals surface area contributed by atoms with Gasteiger partial charge in [0.2, 0.25) is 0 Å². The van der Waals surface area contributed by atoms with Crippen LogP contribution in [0.1, 0.15) is 25.7 Å². The minimum Gasteiger partial charge on any atom is -0.497 e. The lowest BCUT2D eigenvalue weighted by molar-refractivity contribution is 0.236. The zero-order chi connectivity index (χ0) is 14.5. The Morgan fingerprint density at radius 3 is 2.45 bits per heavy atom. The lowest BCUT2D eigenvalue weighted by Gasteiger charge is -2.29. The van der Waals surface area contributed by atoms with Crippen molar-refractivity contribution >= 4 is 23.5 Å². The first-order chi connectivity index (χ1) is 9.63. The molecule has 5 heteroatoms. The molecule has 0 heterocycles. The molecule has 0 spiro atoms. The van der Waals surface area contributed by atoms with E-state index in [1.54, 1.807) is 19.1 Å². The molecule has 4 nitrogen and oxygen atoms in total. The fraction of sp³-hybridized carbons (Fsp3) is 0.400. The Morgan fingerprint density at radius 1 is 1.25 bits per heavy atom. The topological polar surface area (TPSA) is 32.8 Å². The van der Waals surface area contributed by atoms with Crippen LogP contribution in [0.15, 0.2) is 36.0 Å². The van der Waals surface area contributed by atoms with Gasteiger partial charge < -0.3 is 4.74 Å². The largest absolute Gasteiger partial charge is 0.497 e. The molecule has 0 bridgehead atoms. The maximum atomic E-state index is 12.3. The quantitative estimate of drug-likeness (QED) is 0.784. The number of methoxy groups -OCH3 is 1. The number of hydrogen-bond donors (Lipinski definition) is 0. The van der Waals surface area contributed by atoms with Gasteiger partial charge in [0.15, 0.2) is 0 Å². The number of carbonyl (C=O) groups is 1. The zero-order valence-corrected chi connectivity index (χ0v) is 12.6. The Balaban J connectivity index is 2.34. The van der Waals surface area contributed by atoms with Gasteiger partial charge in [-0.1, -0.05) is 6.08 Å². The predicted octanol–water partition coefficient (Wildman–Crippen LogP) is 4.17. The number of anilines is 1. The second-order valence-corrected chi connectivity index (χ2v) is 5.24. The number of allylic oxidation sites excluding steroid dienone is 2. The first kappa shape index (κ1) is 14.7. The molecule has 0 aliphatic heterocycles. The SMILES string of the molecule is COc1ccc(N(C(=O)N(C)Cl)C2=CCCCC2)cc1. The van der Waals surface area contributed by atoms with Crippen LogP contribution in [0.5, 0.6) is 5.75 Å². The van der Waals surface area contributed by atoms with E-state index >= 15 is 0 Å². The Kier molecular flexibility index (Phi) is 4.90. The number of urea groups is 1. The number of carbonyl (C=O) groups excluding carboxylic acids is 1. The number of rotatable bonds is 3. The van der Waals surface area contributed by atoms with E-state index in [-0.39, 0.29) is 6.03 Å². The number of amides is 2. The molecule has 108 valence electrons. The van der Waals surface area contributed by atoms with E-state index in [0.29, 0.717) is 0 Å². The molecule has 0 radical (unpaired) electrons. The molecule has 0 unspecified atom stereocenters. The van der Waals surface area contributed by atoms with Crippen molar-refractivity contribution in [3.8, 4) is 5.75 Å². The number of benzene rings is 1. The van der Waals surface area contributed by atoms with Crippen molar-refractivity contribution in [2.24, 2.45) is 0 Å². The minimum atomic E-state index is -0.245. The summed E-state index contributed by atoms with van der Waals surface area (Å²) in [4.78, 5) is 14.0. The molecular weight excluding hydrogens is 276 g/mol. The van der Waals surface area contributed by atoms with Crippen molar-refractivity contribution in [1.29, 1.82) is 0 Å². The highest BCUT2D eigenvalue weighted by Gasteiger charge is 2.23. The van der Waals surface area contributed by atoms with E-state index in [1.165, 1.54) is 6.42 Å². The molecule has 0 saturated heterocycles. The van der Waals surface area contributed by atoms with Crippen molar-refractivity contribution in [3.63, 3.8) is 0 Å². The highest BCUT2D eigenvalue weighted by molar-refractivity contribution is 6.23. The molecule has 0 N–H and O–H groups in total. The molecule has 1 aromatic rings. The van der Waals surface area contributed by atoms with Crippen LogP contribution in [0, 0.1) is 0 Å². The summed E-state index contributed by atoms with van der Waals surface area (Å²) in [6, 6.07) is 7.17. The Hall–Kier alpha value is -1.68. The second-order valence-electron chi connectivity index (χ2n) is 4.73. The van der Waals surface area contributed by atoms with Crippen molar-refractivity contribution < 1.29 is 9.53 Å². The van der Waals surface area contributed by atoms with Crippen LogP contribution in [-0.4, -0.2) is 24.6 Å². The maximum Gasteiger partial charge on any atom is 0.343 e. The summed E-state index contributed by atoms with van der Waals surface area (Å²) >= 11 is 5.84. The van der Waals surface area contributed by atoms with Gasteiger partial charge in [0, 0.05) is 24.5 Å². The summed E-state index contributed by atoms with van der Waals surface area (Å²) in [5.74, 6) is 0.762. The monoisotopic (exact) mass is 294 g/mol. The minimum absolute atomic E-state index is 0.245. The Bertz CT molecular complexity index is 497. The van der Waals surface area contributed by atoms with E-state index in [4.69, 9.17) is 16.5 Å². The van der Waals surface area contributed by atoms with Gasteiger partial charge in [0.1, 0.15) is 5.75 Å². The average Bonchev–Trinajstić information content (AvgIpc) is 2.49. The summed E-state index contributed by atoms with van der Waals surface area (Å²) in [6.45, 7) is 0. The zero-order valence-electron chi connectivity index (χ0n) is 11.8. The van der Waals surface area contributed by atoms with Crippen molar-refractivity contribution in [3.05, 3.63) is 36.0 Å². The van der Waals surface area contributed by atoms with E-state index in [0.717, 1.165) is 40.8 Å². The average molecular weight is 295 g/mol. The normalized spacial score (nSPS) is 14.4. The molecule has 20 heavy (non-hydrogen) atoms. The summed E-state index contributed by atoms with van der Waals surface area (Å²) in [5, 5.41) is 0. The highest BCUT2D eigenvalue weighted by Crippen LogP contribution is 2.29. The molecule has 1 aliphatic carbocycles. The van der Waals surface area contributed by atoms with Crippen LogP contribution in [0.2, 0.25) is 0 Å². The number of halogens is 1. The van der Waals surface area contributed by atoms with Crippen LogP contribution < -0.4 is 9.64 Å². The Morgan fingerprint density at radius 2 is 1.95 bits per heavy atom. The number of hydrogen-bond acceptors (Lipinski definition) is 2. The van der Waals surface area contributed by atoms with Crippen molar-refractivity contribution in [1.82, 2.24) is 4.42 Å². The predicted molar refractivity (Wildman–Crippen MR) is 81.0 cm³/mol. The second kappa shape index (κ2) is 6.66. The Labute approximate surface area is 124 Å². The lowest BCUT2D eigenvalue weighted by atomic mass is 10.0. The fourth-order valence-corrected chi connectivity index (χ4v) is 2.37. The van der Waals surface area contributed by atoms with E-state index in [9.17, 15) is 4.79 Å². The van der Waals surface area contributed by atoms with E-state index in [1.807, 2.05) is 24.3 Å². The molecule has 1 aliphatic rings. The summed E-state index contributed by atoms with van der Waals surface area (Å²) in [7, 11) is 3.16. The summed E-state index contributed by atoms with van der Waals surface area (Å²) in [5.41, 5.74) is 1.82. The third-order valence-electron chi connectivity index (χ3n) is 3.34. The maximum absolute atomic E-state index is 12.3. The molecule has 0 fully saturated rings. The van der Waals surface area contributed by atoms with Gasteiger partial charge in [-0.3, -0.25) is 4.90 Å². The number of ether oxygens (including phenoxy) is 1. The van der Waals surface area contributed by atoms with E-state index < -0.39 is 0 Å². The fourth-order valence-electron chi connectivity index (χ4n) is 2.29. The highest BCUT2D eigenvalue weighted by atomic mass is 35.5. The van der Waals surface area contributed by atoms with Crippen LogP contribution in [0.25, 0.3) is 0 Å². The third kappa shape index (κ3) is 3.25. The van der Waals surface area contributed by atoms with Gasteiger partial charge in [-0.2, -0.15) is 0 Å². The molecular formula is C15H19ClN2O2. The van der Waals surface area contributed by atoms with Crippen LogP contribution >= 0.6 is 11.8 Å². The summed E-state index contributed by atoms with van der Waals surface area (Å²) in [6.07, 6.45) is 6.28. The third-order valence-corrected chi connectivity index (χ3v) is 3.48. The van der Waals surface area contributed by atoms with Gasteiger partial charge >= 0.3 is 6.03 Å². The van der Waals surface area contributed by atoms with Crippen LogP contribution in [-0.2, 0) is 0 Å². The molecule has 0 atom stereocenters. The number of nitrogens with zero attached hydrogens (tertiary/aromatic N) is 2. The van der Waals surface area contributed by atoms with Gasteiger partial charge in [-0.25, -0.2) is 9.21 Å². The summed E-state index contributed by atoms with van der Waals surface area (Å²) < 4.78 is 6.23. The molecule has 0 aromatic heterocycles. The van der Waals surface area contributed by atoms with Crippen LogP contribution in [0.3, 0.4) is 0 Å². The van der Waals surface area contributed by atoms with Gasteiger partial charge in [0.25, 0.3) is 0 Å². The van der Waals surface area contributed by atoms with Crippen molar-refractivity contribution in [2.45, 2.75) is 25.7 Å². The van der Waals surface area contributed by atoms with Gasteiger partial charge in [-0.15, -0.1) is 0 Å². The smallest absolute Gasteiger partial charge is 0.343 e.